The zero-order valence-electron chi connectivity index (χ0n) is 6.95. The normalized spacial score (nSPS) is 14.0. The van der Waals surface area contributed by atoms with Crippen LogP contribution in [0.15, 0.2) is 0 Å². The van der Waals surface area contributed by atoms with Crippen molar-refractivity contribution in [2.75, 3.05) is 5.75 Å². The summed E-state index contributed by atoms with van der Waals surface area (Å²) in [5.41, 5.74) is 0. The Hall–Kier alpha value is 0.140. The molecule has 0 aromatic heterocycles. The Labute approximate surface area is 68.4 Å². The van der Waals surface area contributed by atoms with Crippen molar-refractivity contribution in [2.45, 2.75) is 33.1 Å². The zero-order chi connectivity index (χ0) is 8.91. The fourth-order valence-electron chi connectivity index (χ4n) is 0.997. The smallest absolute Gasteiger partial charge is 0.125 e. The average Bonchev–Trinajstić information content (AvgIpc) is 1.88. The summed E-state index contributed by atoms with van der Waals surface area (Å²) in [5.74, 6) is -0.275. The molecule has 0 saturated heterocycles. The quantitative estimate of drug-likeness (QED) is 0.604. The minimum atomic E-state index is -4.74. The van der Waals surface area contributed by atoms with Gasteiger partial charge in [0.15, 0.2) is 0 Å². The molecule has 0 N–H and O–H groups in total. The molecule has 0 aliphatic carbocycles. The van der Waals surface area contributed by atoms with Crippen LogP contribution in [0, 0.1) is 5.92 Å². The highest BCUT2D eigenvalue weighted by Crippen LogP contribution is 2.54. The van der Waals surface area contributed by atoms with Crippen LogP contribution >= 0.6 is 11.2 Å². The molecular formula is C7H15F3S. The lowest BCUT2D eigenvalue weighted by molar-refractivity contribution is 0.470. The zero-order valence-corrected chi connectivity index (χ0v) is 7.76. The van der Waals surface area contributed by atoms with Gasteiger partial charge in [-0.15, -0.1) is 11.7 Å². The summed E-state index contributed by atoms with van der Waals surface area (Å²) in [6, 6.07) is 0. The third kappa shape index (κ3) is 6.53. The van der Waals surface area contributed by atoms with Crippen LogP contribution in [0.5, 0.6) is 0 Å². The summed E-state index contributed by atoms with van der Waals surface area (Å²) >= 11 is -4.74. The van der Waals surface area contributed by atoms with Crippen LogP contribution in [0.1, 0.15) is 33.1 Å². The topological polar surface area (TPSA) is 0 Å². The van der Waals surface area contributed by atoms with Crippen molar-refractivity contribution in [3.63, 3.8) is 0 Å². The molecule has 0 fully saturated rings. The molecule has 0 aromatic carbocycles. The lowest BCUT2D eigenvalue weighted by Crippen LogP contribution is -2.00. The van der Waals surface area contributed by atoms with Gasteiger partial charge in [-0.05, 0) is 12.3 Å². The van der Waals surface area contributed by atoms with Crippen LogP contribution in [0.4, 0.5) is 11.7 Å². The number of rotatable bonds is 5. The van der Waals surface area contributed by atoms with Gasteiger partial charge in [-0.25, -0.2) is 0 Å². The van der Waals surface area contributed by atoms with Gasteiger partial charge in [0, 0.05) is 0 Å². The van der Waals surface area contributed by atoms with Crippen molar-refractivity contribution in [1.82, 2.24) is 0 Å². The van der Waals surface area contributed by atoms with E-state index in [1.165, 1.54) is 0 Å². The standard InChI is InChI=1S/C7H15F3S/c1-3-7(4-2)5-6-11(8,9)10/h7H,3-6H2,1-2H3. The van der Waals surface area contributed by atoms with E-state index in [2.05, 4.69) is 0 Å². The third-order valence-corrected chi connectivity index (χ3v) is 2.61. The average molecular weight is 188 g/mol. The van der Waals surface area contributed by atoms with Gasteiger partial charge in [0.25, 0.3) is 0 Å². The predicted molar refractivity (Wildman–Crippen MR) is 44.5 cm³/mol. The van der Waals surface area contributed by atoms with Gasteiger partial charge in [0.05, 0.1) is 5.75 Å². The van der Waals surface area contributed by atoms with Crippen molar-refractivity contribution in [3.05, 3.63) is 0 Å². The molecule has 0 aliphatic heterocycles. The maximum atomic E-state index is 11.8. The van der Waals surface area contributed by atoms with E-state index >= 15 is 0 Å². The minimum Gasteiger partial charge on any atom is -0.125 e. The van der Waals surface area contributed by atoms with Crippen LogP contribution < -0.4 is 0 Å². The van der Waals surface area contributed by atoms with Crippen molar-refractivity contribution in [3.8, 4) is 0 Å². The molecule has 0 unspecified atom stereocenters. The summed E-state index contributed by atoms with van der Waals surface area (Å²) in [6.07, 6.45) is 2.06. The number of hydrogen-bond donors (Lipinski definition) is 0. The van der Waals surface area contributed by atoms with Crippen molar-refractivity contribution >= 4 is 11.2 Å². The summed E-state index contributed by atoms with van der Waals surface area (Å²) in [4.78, 5) is 0. The van der Waals surface area contributed by atoms with Gasteiger partial charge in [0.1, 0.15) is 0 Å². The summed E-state index contributed by atoms with van der Waals surface area (Å²) in [6.45, 7) is 3.89. The molecule has 0 heterocycles. The molecule has 0 rings (SSSR count). The summed E-state index contributed by atoms with van der Waals surface area (Å²) in [5, 5.41) is 0. The van der Waals surface area contributed by atoms with E-state index in [-0.39, 0.29) is 5.92 Å². The largest absolute Gasteiger partial charge is 0.209 e. The van der Waals surface area contributed by atoms with Crippen molar-refractivity contribution in [2.24, 2.45) is 5.92 Å². The molecule has 0 bridgehead atoms. The minimum absolute atomic E-state index is 0.268. The second-order valence-corrected chi connectivity index (χ2v) is 4.09. The predicted octanol–water partition coefficient (Wildman–Crippen LogP) is 4.27. The van der Waals surface area contributed by atoms with Crippen LogP contribution in [0.2, 0.25) is 0 Å². The first-order valence-corrected chi connectivity index (χ1v) is 5.39. The Bertz CT molecular complexity index is 96.3. The van der Waals surface area contributed by atoms with Gasteiger partial charge in [-0.2, -0.15) is 0 Å². The lowest BCUT2D eigenvalue weighted by Gasteiger charge is -2.14. The monoisotopic (exact) mass is 188 g/mol. The third-order valence-electron chi connectivity index (χ3n) is 1.91. The van der Waals surface area contributed by atoms with Crippen molar-refractivity contribution in [1.29, 1.82) is 0 Å². The fourth-order valence-corrected chi connectivity index (χ4v) is 1.60. The Balaban J connectivity index is 3.51. The van der Waals surface area contributed by atoms with Crippen molar-refractivity contribution < 1.29 is 11.7 Å². The molecule has 0 aromatic rings. The molecule has 4 heteroatoms. The second-order valence-electron chi connectivity index (χ2n) is 2.68. The first-order chi connectivity index (χ1) is 4.99. The molecule has 0 radical (unpaired) electrons. The van der Waals surface area contributed by atoms with Crippen LogP contribution in [0.25, 0.3) is 0 Å². The maximum Gasteiger partial charge on any atom is 0.209 e. The Morgan fingerprint density at radius 1 is 1.09 bits per heavy atom. The molecule has 70 valence electrons. The Morgan fingerprint density at radius 3 is 1.82 bits per heavy atom. The van der Waals surface area contributed by atoms with Crippen LogP contribution in [0.3, 0.4) is 0 Å². The van der Waals surface area contributed by atoms with Crippen LogP contribution in [-0.2, 0) is 0 Å². The molecule has 0 saturated carbocycles. The number of halogens is 3. The summed E-state index contributed by atoms with van der Waals surface area (Å²) in [7, 11) is 0. The fraction of sp³-hybridized carbons (Fsp3) is 1.00. The first kappa shape index (κ1) is 11.1. The highest BCUT2D eigenvalue weighted by molar-refractivity contribution is 8.20. The summed E-state index contributed by atoms with van der Waals surface area (Å²) < 4.78 is 35.3. The van der Waals surface area contributed by atoms with Crippen LogP contribution in [-0.4, -0.2) is 5.75 Å². The molecule has 0 nitrogen and oxygen atoms in total. The van der Waals surface area contributed by atoms with Gasteiger partial charge in [-0.3, -0.25) is 0 Å². The van der Waals surface area contributed by atoms with Gasteiger partial charge in [-0.1, -0.05) is 26.7 Å². The van der Waals surface area contributed by atoms with E-state index in [1.54, 1.807) is 0 Å². The van der Waals surface area contributed by atoms with Gasteiger partial charge in [0.2, 0.25) is 11.2 Å². The maximum absolute atomic E-state index is 11.8. The van der Waals surface area contributed by atoms with E-state index in [4.69, 9.17) is 0 Å². The molecule has 0 aliphatic rings. The lowest BCUT2D eigenvalue weighted by atomic mass is 10.0. The van der Waals surface area contributed by atoms with Gasteiger partial charge >= 0.3 is 0 Å². The Morgan fingerprint density at radius 2 is 1.55 bits per heavy atom. The molecular weight excluding hydrogens is 173 g/mol. The van der Waals surface area contributed by atoms with Gasteiger partial charge < -0.3 is 0 Å². The van der Waals surface area contributed by atoms with E-state index in [0.29, 0.717) is 6.42 Å². The Kier molecular flexibility index (Phi) is 4.97. The van der Waals surface area contributed by atoms with E-state index < -0.39 is 16.9 Å². The van der Waals surface area contributed by atoms with E-state index in [0.717, 1.165) is 12.8 Å². The SMILES string of the molecule is CCC(CC)CCS(F)(F)F. The highest BCUT2D eigenvalue weighted by Gasteiger charge is 2.21. The highest BCUT2D eigenvalue weighted by atomic mass is 32.3. The molecule has 0 spiro atoms. The molecule has 0 atom stereocenters. The second kappa shape index (κ2) is 4.91. The first-order valence-electron chi connectivity index (χ1n) is 3.89. The number of hydrogen-bond acceptors (Lipinski definition) is 0. The van der Waals surface area contributed by atoms with E-state index in [9.17, 15) is 11.7 Å². The van der Waals surface area contributed by atoms with E-state index in [1.807, 2.05) is 13.8 Å². The molecule has 0 amide bonds. The molecule has 11 heavy (non-hydrogen) atoms.